The predicted octanol–water partition coefficient (Wildman–Crippen LogP) is 3.37. The second kappa shape index (κ2) is 9.03. The first-order chi connectivity index (χ1) is 12.3. The van der Waals surface area contributed by atoms with Crippen LogP contribution in [-0.4, -0.2) is 37.0 Å². The van der Waals surface area contributed by atoms with Crippen LogP contribution in [0.4, 0.5) is 0 Å². The number of hydrogen-bond donors (Lipinski definition) is 0. The van der Waals surface area contributed by atoms with Gasteiger partial charge in [-0.1, -0.05) is 25.4 Å². The Bertz CT molecular complexity index is 927. The zero-order chi connectivity index (χ0) is 19.3. The fraction of sp³-hybridized carbons (Fsp3) is 0.353. The third-order valence-electron chi connectivity index (χ3n) is 3.78. The van der Waals surface area contributed by atoms with E-state index in [0.717, 1.165) is 0 Å². The van der Waals surface area contributed by atoms with Gasteiger partial charge < -0.3 is 9.30 Å². The first-order valence-corrected chi connectivity index (χ1v) is 10.7. The van der Waals surface area contributed by atoms with Gasteiger partial charge in [0.25, 0.3) is 5.56 Å². The third kappa shape index (κ3) is 4.88. The van der Waals surface area contributed by atoms with Crippen molar-refractivity contribution in [1.82, 2.24) is 8.87 Å². The maximum Gasteiger partial charge on any atom is 0.250 e. The Kier molecular flexibility index (Phi) is 7.28. The lowest BCUT2D eigenvalue weighted by molar-refractivity contribution is 0.294. The summed E-state index contributed by atoms with van der Waals surface area (Å²) < 4.78 is 34.2. The van der Waals surface area contributed by atoms with Crippen LogP contribution in [0, 0.1) is 0 Å². The van der Waals surface area contributed by atoms with E-state index < -0.39 is 10.0 Å². The summed E-state index contributed by atoms with van der Waals surface area (Å²) in [5.41, 5.74) is -0.290. The minimum Gasteiger partial charge on any atom is -0.491 e. The highest BCUT2D eigenvalue weighted by Crippen LogP contribution is 2.27. The summed E-state index contributed by atoms with van der Waals surface area (Å²) in [5.74, 6) is 0.592. The average molecular weight is 464 g/mol. The third-order valence-corrected chi connectivity index (χ3v) is 6.67. The van der Waals surface area contributed by atoms with E-state index in [0.29, 0.717) is 28.3 Å². The van der Waals surface area contributed by atoms with Crippen LogP contribution in [0.2, 0.25) is 5.02 Å². The SMILES string of the molecule is CCN(CC)S(=O)(=O)c1ccc(=O)n(CCOc2ccc(Cl)cc2Br)c1. The first-order valence-electron chi connectivity index (χ1n) is 8.08. The number of aromatic nitrogens is 1. The smallest absolute Gasteiger partial charge is 0.250 e. The van der Waals surface area contributed by atoms with Crippen molar-refractivity contribution >= 4 is 37.6 Å². The summed E-state index contributed by atoms with van der Waals surface area (Å²) >= 11 is 9.24. The Balaban J connectivity index is 2.16. The standard InChI is InChI=1S/C17H20BrClN2O4S/c1-3-21(4-2)26(23,24)14-6-8-17(22)20(12-14)9-10-25-16-7-5-13(19)11-15(16)18/h5-8,11-12H,3-4,9-10H2,1-2H3. The monoisotopic (exact) mass is 462 g/mol. The molecule has 6 nitrogen and oxygen atoms in total. The largest absolute Gasteiger partial charge is 0.491 e. The molecule has 1 aromatic heterocycles. The summed E-state index contributed by atoms with van der Waals surface area (Å²) in [5, 5.41) is 0.578. The number of hydrogen-bond acceptors (Lipinski definition) is 4. The van der Waals surface area contributed by atoms with Crippen molar-refractivity contribution in [2.45, 2.75) is 25.3 Å². The van der Waals surface area contributed by atoms with Gasteiger partial charge in [-0.3, -0.25) is 4.79 Å². The minimum atomic E-state index is -3.62. The van der Waals surface area contributed by atoms with Crippen molar-refractivity contribution in [1.29, 1.82) is 0 Å². The molecule has 2 aromatic rings. The number of pyridine rings is 1. The maximum atomic E-state index is 12.6. The first kappa shape index (κ1) is 21.0. The van der Waals surface area contributed by atoms with Gasteiger partial charge in [0.05, 0.1) is 15.9 Å². The molecule has 0 unspecified atom stereocenters. The zero-order valence-electron chi connectivity index (χ0n) is 14.5. The molecule has 0 bridgehead atoms. The Hall–Kier alpha value is -1.35. The molecule has 0 saturated carbocycles. The number of ether oxygens (including phenoxy) is 1. The van der Waals surface area contributed by atoms with Crippen molar-refractivity contribution in [2.75, 3.05) is 19.7 Å². The zero-order valence-corrected chi connectivity index (χ0v) is 17.6. The Morgan fingerprint density at radius 3 is 2.50 bits per heavy atom. The Morgan fingerprint density at radius 2 is 1.88 bits per heavy atom. The molecule has 0 aliphatic carbocycles. The van der Waals surface area contributed by atoms with Crippen molar-refractivity contribution in [3.63, 3.8) is 0 Å². The van der Waals surface area contributed by atoms with Gasteiger partial charge in [-0.05, 0) is 40.2 Å². The Labute approximate surface area is 166 Å². The Morgan fingerprint density at radius 1 is 1.19 bits per heavy atom. The topological polar surface area (TPSA) is 68.6 Å². The highest BCUT2D eigenvalue weighted by Gasteiger charge is 2.22. The molecule has 0 spiro atoms. The number of rotatable bonds is 8. The molecule has 142 valence electrons. The van der Waals surface area contributed by atoms with E-state index in [2.05, 4.69) is 15.9 Å². The quantitative estimate of drug-likeness (QED) is 0.602. The van der Waals surface area contributed by atoms with Crippen molar-refractivity contribution < 1.29 is 13.2 Å². The van der Waals surface area contributed by atoms with Crippen LogP contribution in [0.1, 0.15) is 13.8 Å². The van der Waals surface area contributed by atoms with Crippen LogP contribution >= 0.6 is 27.5 Å². The van der Waals surface area contributed by atoms with E-state index in [9.17, 15) is 13.2 Å². The van der Waals surface area contributed by atoms with E-state index in [-0.39, 0.29) is 23.6 Å². The minimum absolute atomic E-state index is 0.0912. The van der Waals surface area contributed by atoms with E-state index >= 15 is 0 Å². The van der Waals surface area contributed by atoms with E-state index in [1.165, 1.54) is 27.2 Å². The van der Waals surface area contributed by atoms with Crippen LogP contribution in [0.5, 0.6) is 5.75 Å². The molecule has 26 heavy (non-hydrogen) atoms. The van der Waals surface area contributed by atoms with Crippen molar-refractivity contribution in [3.8, 4) is 5.75 Å². The van der Waals surface area contributed by atoms with Gasteiger partial charge in [0, 0.05) is 30.4 Å². The van der Waals surface area contributed by atoms with E-state index in [1.54, 1.807) is 32.0 Å². The van der Waals surface area contributed by atoms with Crippen LogP contribution in [-0.2, 0) is 16.6 Å². The molecule has 1 aromatic carbocycles. The summed E-state index contributed by atoms with van der Waals surface area (Å²) in [6.07, 6.45) is 1.36. The fourth-order valence-corrected chi connectivity index (χ4v) is 4.67. The molecule has 2 rings (SSSR count). The molecule has 0 radical (unpaired) electrons. The lowest BCUT2D eigenvalue weighted by Crippen LogP contribution is -2.32. The lowest BCUT2D eigenvalue weighted by Gasteiger charge is -2.19. The second-order valence-corrected chi connectivity index (χ2v) is 8.64. The van der Waals surface area contributed by atoms with Crippen LogP contribution in [0.15, 0.2) is 50.7 Å². The second-order valence-electron chi connectivity index (χ2n) is 5.41. The molecule has 0 aliphatic heterocycles. The molecule has 0 N–H and O–H groups in total. The number of nitrogens with zero attached hydrogens (tertiary/aromatic N) is 2. The van der Waals surface area contributed by atoms with Crippen LogP contribution in [0.3, 0.4) is 0 Å². The number of halogens is 2. The van der Waals surface area contributed by atoms with Crippen molar-refractivity contribution in [3.05, 3.63) is 56.4 Å². The molecular weight excluding hydrogens is 444 g/mol. The van der Waals surface area contributed by atoms with Crippen molar-refractivity contribution in [2.24, 2.45) is 0 Å². The van der Waals surface area contributed by atoms with Gasteiger partial charge in [-0.15, -0.1) is 0 Å². The summed E-state index contributed by atoms with van der Waals surface area (Å²) in [7, 11) is -3.62. The molecular formula is C17H20BrClN2O4S. The van der Waals surface area contributed by atoms with Gasteiger partial charge in [0.2, 0.25) is 10.0 Å². The van der Waals surface area contributed by atoms with Gasteiger partial charge in [0.1, 0.15) is 12.4 Å². The molecule has 0 atom stereocenters. The maximum absolute atomic E-state index is 12.6. The fourth-order valence-electron chi connectivity index (χ4n) is 2.40. The summed E-state index contributed by atoms with van der Waals surface area (Å²) in [6.45, 7) is 4.70. The number of sulfonamides is 1. The molecule has 9 heteroatoms. The lowest BCUT2D eigenvalue weighted by atomic mass is 10.3. The van der Waals surface area contributed by atoms with Gasteiger partial charge >= 0.3 is 0 Å². The number of benzene rings is 1. The predicted molar refractivity (Wildman–Crippen MR) is 105 cm³/mol. The van der Waals surface area contributed by atoms with E-state index in [4.69, 9.17) is 16.3 Å². The van der Waals surface area contributed by atoms with Gasteiger partial charge in [-0.25, -0.2) is 8.42 Å². The van der Waals surface area contributed by atoms with Gasteiger partial charge in [-0.2, -0.15) is 4.31 Å². The highest BCUT2D eigenvalue weighted by atomic mass is 79.9. The van der Waals surface area contributed by atoms with Gasteiger partial charge in [0.15, 0.2) is 0 Å². The normalized spacial score (nSPS) is 11.7. The molecule has 0 fully saturated rings. The molecule has 0 saturated heterocycles. The van der Waals surface area contributed by atoms with Crippen LogP contribution in [0.25, 0.3) is 0 Å². The highest BCUT2D eigenvalue weighted by molar-refractivity contribution is 9.10. The summed E-state index contributed by atoms with van der Waals surface area (Å²) in [6, 6.07) is 7.72. The molecule has 1 heterocycles. The molecule has 0 aliphatic rings. The van der Waals surface area contributed by atoms with E-state index in [1.807, 2.05) is 0 Å². The van der Waals surface area contributed by atoms with Crippen LogP contribution < -0.4 is 10.3 Å². The summed E-state index contributed by atoms with van der Waals surface area (Å²) in [4.78, 5) is 12.1. The average Bonchev–Trinajstić information content (AvgIpc) is 2.59. The molecule has 0 amide bonds.